The summed E-state index contributed by atoms with van der Waals surface area (Å²) in [7, 11) is 1.60. The van der Waals surface area contributed by atoms with Gasteiger partial charge in [0, 0.05) is 6.42 Å². The Morgan fingerprint density at radius 3 is 2.30 bits per heavy atom. The molecule has 0 atom stereocenters. The third kappa shape index (κ3) is 2.90. The second-order valence-corrected chi connectivity index (χ2v) is 5.17. The number of Topliss-reactive ketones (excluding diaryl/α,β-unsaturated/α-hetero) is 1. The monoisotopic (exact) mass is 268 g/mol. The lowest BCUT2D eigenvalue weighted by molar-refractivity contribution is 0.0989. The van der Waals surface area contributed by atoms with Crippen LogP contribution in [0.5, 0.6) is 5.75 Å². The molecule has 2 aromatic carbocycles. The van der Waals surface area contributed by atoms with Crippen LogP contribution in [0.3, 0.4) is 0 Å². The number of carbonyl (C=O) groups is 1. The van der Waals surface area contributed by atoms with Crippen molar-refractivity contribution in [2.24, 2.45) is 0 Å². The summed E-state index contributed by atoms with van der Waals surface area (Å²) in [4.78, 5) is 12.6. The fourth-order valence-electron chi connectivity index (χ4n) is 2.42. The van der Waals surface area contributed by atoms with Crippen LogP contribution >= 0.6 is 0 Å². The van der Waals surface area contributed by atoms with Gasteiger partial charge in [-0.15, -0.1) is 0 Å². The van der Waals surface area contributed by atoms with Crippen molar-refractivity contribution in [1.82, 2.24) is 0 Å². The van der Waals surface area contributed by atoms with Crippen LogP contribution in [0.1, 0.15) is 32.6 Å². The molecule has 2 nitrogen and oxygen atoms in total. The lowest BCUT2D eigenvalue weighted by Gasteiger charge is -2.11. The van der Waals surface area contributed by atoms with Crippen LogP contribution in [-0.4, -0.2) is 12.9 Å². The molecule has 0 fully saturated rings. The van der Waals surface area contributed by atoms with E-state index in [1.165, 1.54) is 0 Å². The summed E-state index contributed by atoms with van der Waals surface area (Å²) in [5.74, 6) is 0.745. The Bertz CT molecular complexity index is 622. The van der Waals surface area contributed by atoms with Gasteiger partial charge in [-0.3, -0.25) is 4.79 Å². The van der Waals surface area contributed by atoms with E-state index in [4.69, 9.17) is 4.74 Å². The van der Waals surface area contributed by atoms with Crippen LogP contribution in [0.2, 0.25) is 0 Å². The predicted octanol–water partition coefficient (Wildman–Crippen LogP) is 4.05. The van der Waals surface area contributed by atoms with Gasteiger partial charge in [-0.2, -0.15) is 0 Å². The van der Waals surface area contributed by atoms with E-state index in [-0.39, 0.29) is 5.78 Å². The predicted molar refractivity (Wildman–Crippen MR) is 81.7 cm³/mol. The highest BCUT2D eigenvalue weighted by molar-refractivity contribution is 6.00. The van der Waals surface area contributed by atoms with E-state index in [9.17, 15) is 4.79 Å². The van der Waals surface area contributed by atoms with Gasteiger partial charge in [0.2, 0.25) is 0 Å². The smallest absolute Gasteiger partial charge is 0.170 e. The Morgan fingerprint density at radius 2 is 1.70 bits per heavy atom. The summed E-state index contributed by atoms with van der Waals surface area (Å²) in [5.41, 5.74) is 5.15. The van der Waals surface area contributed by atoms with Crippen molar-refractivity contribution >= 4 is 5.78 Å². The fraction of sp³-hybridized carbons (Fsp3) is 0.278. The highest BCUT2D eigenvalue weighted by Gasteiger charge is 2.15. The first kappa shape index (κ1) is 14.3. The average Bonchev–Trinajstić information content (AvgIpc) is 2.43. The quantitative estimate of drug-likeness (QED) is 0.782. The van der Waals surface area contributed by atoms with Gasteiger partial charge >= 0.3 is 0 Å². The van der Waals surface area contributed by atoms with Crippen LogP contribution in [0.4, 0.5) is 0 Å². The van der Waals surface area contributed by atoms with Crippen molar-refractivity contribution < 1.29 is 9.53 Å². The maximum absolute atomic E-state index is 12.6. The van der Waals surface area contributed by atoms with Crippen molar-refractivity contribution in [1.29, 1.82) is 0 Å². The summed E-state index contributed by atoms with van der Waals surface area (Å²) in [6, 6.07) is 11.8. The number of benzene rings is 2. The maximum atomic E-state index is 12.6. The van der Waals surface area contributed by atoms with Gasteiger partial charge < -0.3 is 4.74 Å². The second-order valence-electron chi connectivity index (χ2n) is 5.17. The molecular weight excluding hydrogens is 248 g/mol. The number of ether oxygens (including phenoxy) is 1. The number of carbonyl (C=O) groups excluding carboxylic acids is 1. The third-order valence-electron chi connectivity index (χ3n) is 3.64. The normalized spacial score (nSPS) is 10.4. The number of methoxy groups -OCH3 is 1. The molecule has 0 heterocycles. The first-order chi connectivity index (χ1) is 9.52. The number of rotatable bonds is 4. The van der Waals surface area contributed by atoms with E-state index < -0.39 is 0 Å². The first-order valence-corrected chi connectivity index (χ1v) is 6.76. The van der Waals surface area contributed by atoms with E-state index in [2.05, 4.69) is 0 Å². The topological polar surface area (TPSA) is 26.3 Å². The third-order valence-corrected chi connectivity index (χ3v) is 3.64. The van der Waals surface area contributed by atoms with Crippen molar-refractivity contribution in [3.05, 3.63) is 64.2 Å². The Kier molecular flexibility index (Phi) is 4.23. The van der Waals surface area contributed by atoms with Crippen LogP contribution in [0.15, 0.2) is 36.4 Å². The Hall–Kier alpha value is -2.09. The maximum Gasteiger partial charge on any atom is 0.170 e. The van der Waals surface area contributed by atoms with E-state index in [0.717, 1.165) is 22.3 Å². The first-order valence-electron chi connectivity index (χ1n) is 6.76. The summed E-state index contributed by atoms with van der Waals surface area (Å²) in [6.45, 7) is 6.07. The zero-order valence-corrected chi connectivity index (χ0v) is 12.5. The van der Waals surface area contributed by atoms with Crippen molar-refractivity contribution in [3.8, 4) is 5.75 Å². The highest BCUT2D eigenvalue weighted by atomic mass is 16.5. The van der Waals surface area contributed by atoms with E-state index in [1.807, 2.05) is 57.2 Å². The zero-order valence-electron chi connectivity index (χ0n) is 12.5. The second kappa shape index (κ2) is 5.91. The Labute approximate surface area is 120 Å². The molecule has 20 heavy (non-hydrogen) atoms. The van der Waals surface area contributed by atoms with Crippen LogP contribution in [0, 0.1) is 20.8 Å². The van der Waals surface area contributed by atoms with Crippen molar-refractivity contribution in [3.63, 3.8) is 0 Å². The molecule has 2 rings (SSSR count). The van der Waals surface area contributed by atoms with Crippen molar-refractivity contribution in [2.75, 3.05) is 7.11 Å². The van der Waals surface area contributed by atoms with E-state index >= 15 is 0 Å². The van der Waals surface area contributed by atoms with Gasteiger partial charge in [0.05, 0.1) is 12.7 Å². The minimum absolute atomic E-state index is 0.1000. The van der Waals surface area contributed by atoms with Gasteiger partial charge in [-0.05, 0) is 49.6 Å². The fourth-order valence-corrected chi connectivity index (χ4v) is 2.42. The minimum Gasteiger partial charge on any atom is -0.496 e. The van der Waals surface area contributed by atoms with E-state index in [1.54, 1.807) is 7.11 Å². The number of hydrogen-bond donors (Lipinski definition) is 0. The molecule has 0 aromatic heterocycles. The molecule has 104 valence electrons. The molecule has 0 aliphatic heterocycles. The standard InChI is InChI=1S/C18H20O2/c1-12-8-9-18(20-4)16(10-12)17(19)11-15-13(2)6-5-7-14(15)3/h5-10H,11H2,1-4H3. The summed E-state index contributed by atoms with van der Waals surface area (Å²) in [6.07, 6.45) is 0.415. The van der Waals surface area contributed by atoms with Crippen LogP contribution in [0.25, 0.3) is 0 Å². The highest BCUT2D eigenvalue weighted by Crippen LogP contribution is 2.23. The number of aryl methyl sites for hydroxylation is 3. The van der Waals surface area contributed by atoms with Gasteiger partial charge in [0.25, 0.3) is 0 Å². The van der Waals surface area contributed by atoms with Gasteiger partial charge in [0.15, 0.2) is 5.78 Å². The molecule has 0 spiro atoms. The average molecular weight is 268 g/mol. The molecule has 0 aliphatic rings. The molecule has 0 N–H and O–H groups in total. The lowest BCUT2D eigenvalue weighted by atomic mass is 9.94. The van der Waals surface area contributed by atoms with Gasteiger partial charge in [-0.1, -0.05) is 29.8 Å². The summed E-state index contributed by atoms with van der Waals surface area (Å²) >= 11 is 0. The largest absolute Gasteiger partial charge is 0.496 e. The van der Waals surface area contributed by atoms with Gasteiger partial charge in [0.1, 0.15) is 5.75 Å². The van der Waals surface area contributed by atoms with Crippen LogP contribution < -0.4 is 4.74 Å². The SMILES string of the molecule is COc1ccc(C)cc1C(=O)Cc1c(C)cccc1C. The summed E-state index contributed by atoms with van der Waals surface area (Å²) in [5, 5.41) is 0. The molecule has 0 aliphatic carbocycles. The molecule has 0 amide bonds. The number of hydrogen-bond acceptors (Lipinski definition) is 2. The summed E-state index contributed by atoms with van der Waals surface area (Å²) < 4.78 is 5.30. The molecule has 2 heteroatoms. The number of ketones is 1. The zero-order chi connectivity index (χ0) is 14.7. The van der Waals surface area contributed by atoms with Crippen LogP contribution in [-0.2, 0) is 6.42 Å². The molecule has 0 radical (unpaired) electrons. The lowest BCUT2D eigenvalue weighted by Crippen LogP contribution is -2.08. The minimum atomic E-state index is 0.1000. The van der Waals surface area contributed by atoms with Gasteiger partial charge in [-0.25, -0.2) is 0 Å². The van der Waals surface area contributed by atoms with E-state index in [0.29, 0.717) is 17.7 Å². The molecule has 2 aromatic rings. The Balaban J connectivity index is 2.35. The molecular formula is C18H20O2. The molecule has 0 saturated heterocycles. The molecule has 0 bridgehead atoms. The van der Waals surface area contributed by atoms with Crippen molar-refractivity contribution in [2.45, 2.75) is 27.2 Å². The Morgan fingerprint density at radius 1 is 1.05 bits per heavy atom. The molecule has 0 saturated carbocycles. The molecule has 0 unspecified atom stereocenters.